The molecule has 0 saturated heterocycles. The molecule has 170 valence electrons. The highest BCUT2D eigenvalue weighted by atomic mass is 35.5. The summed E-state index contributed by atoms with van der Waals surface area (Å²) in [5.41, 5.74) is 3.42. The molecule has 4 aromatic heterocycles. The van der Waals surface area contributed by atoms with Crippen LogP contribution in [0.2, 0.25) is 5.02 Å². The topological polar surface area (TPSA) is 129 Å². The number of carbonyl (C=O) groups excluding carboxylic acids is 1. The molecule has 33 heavy (non-hydrogen) atoms. The summed E-state index contributed by atoms with van der Waals surface area (Å²) < 4.78 is 55.2. The summed E-state index contributed by atoms with van der Waals surface area (Å²) in [5.74, 6) is -2.91. The molecule has 0 unspecified atom stereocenters. The Labute approximate surface area is 187 Å². The number of amides is 1. The summed E-state index contributed by atoms with van der Waals surface area (Å²) in [4.78, 5) is 21.7. The third kappa shape index (κ3) is 4.19. The molecule has 0 aliphatic heterocycles. The maximum atomic E-state index is 13.8. The van der Waals surface area contributed by atoms with E-state index in [2.05, 4.69) is 30.6 Å². The van der Waals surface area contributed by atoms with Gasteiger partial charge in [-0.05, 0) is 25.1 Å². The van der Waals surface area contributed by atoms with Gasteiger partial charge in [-0.25, -0.2) is 19.0 Å². The zero-order valence-corrected chi connectivity index (χ0v) is 17.2. The van der Waals surface area contributed by atoms with Crippen molar-refractivity contribution in [3.63, 3.8) is 0 Å². The van der Waals surface area contributed by atoms with E-state index in [1.54, 1.807) is 0 Å². The normalized spacial score (nSPS) is 11.6. The molecule has 0 aromatic carbocycles. The van der Waals surface area contributed by atoms with Crippen molar-refractivity contribution in [1.29, 1.82) is 0 Å². The summed E-state index contributed by atoms with van der Waals surface area (Å²) in [5, 5.41) is 13.8. The number of nitrogens with one attached hydrogen (secondary N) is 1. The number of pyridine rings is 2. The van der Waals surface area contributed by atoms with Crippen LogP contribution in [0.4, 0.5) is 29.1 Å². The standard InChI is InChI=1S/C18H12ClF4N9O/c1-8-12(6-10(19)16(28-8)32-25-4-5-26-32)29-17(33)9-7-27-31(14(9)18(21,22)23)13-3-2-11(20)15(24)30-13/h2-7H,1H3,(H2,24,30)(H,29,33). The van der Waals surface area contributed by atoms with Crippen molar-refractivity contribution in [3.8, 4) is 11.6 Å². The Balaban J connectivity index is 1.71. The van der Waals surface area contributed by atoms with Crippen molar-refractivity contribution in [2.75, 3.05) is 11.1 Å². The molecule has 0 bridgehead atoms. The Morgan fingerprint density at radius 2 is 1.85 bits per heavy atom. The van der Waals surface area contributed by atoms with Gasteiger partial charge in [0.15, 0.2) is 29.0 Å². The van der Waals surface area contributed by atoms with Crippen molar-refractivity contribution in [2.24, 2.45) is 0 Å². The van der Waals surface area contributed by atoms with Crippen molar-refractivity contribution >= 4 is 29.0 Å². The molecular weight excluding hydrogens is 470 g/mol. The third-order valence-electron chi connectivity index (χ3n) is 4.36. The number of alkyl halides is 3. The minimum absolute atomic E-state index is 0.0461. The molecule has 4 aromatic rings. The lowest BCUT2D eigenvalue weighted by molar-refractivity contribution is -0.143. The van der Waals surface area contributed by atoms with Gasteiger partial charge in [0.25, 0.3) is 5.91 Å². The zero-order chi connectivity index (χ0) is 23.9. The van der Waals surface area contributed by atoms with E-state index in [0.29, 0.717) is 10.9 Å². The number of anilines is 2. The quantitative estimate of drug-likeness (QED) is 0.428. The molecule has 0 spiro atoms. The number of hydrogen-bond acceptors (Lipinski definition) is 7. The fourth-order valence-electron chi connectivity index (χ4n) is 2.88. The molecule has 1 amide bonds. The van der Waals surface area contributed by atoms with Crippen LogP contribution in [0.1, 0.15) is 21.7 Å². The van der Waals surface area contributed by atoms with Crippen molar-refractivity contribution < 1.29 is 22.4 Å². The highest BCUT2D eigenvalue weighted by Crippen LogP contribution is 2.34. The largest absolute Gasteiger partial charge is 0.434 e. The van der Waals surface area contributed by atoms with Gasteiger partial charge in [-0.3, -0.25) is 4.79 Å². The lowest BCUT2D eigenvalue weighted by Gasteiger charge is -2.14. The van der Waals surface area contributed by atoms with E-state index in [1.165, 1.54) is 25.4 Å². The molecule has 4 heterocycles. The van der Waals surface area contributed by atoms with Crippen molar-refractivity contribution in [2.45, 2.75) is 13.1 Å². The van der Waals surface area contributed by atoms with Gasteiger partial charge in [0, 0.05) is 0 Å². The van der Waals surface area contributed by atoms with E-state index < -0.39 is 40.8 Å². The average molecular weight is 482 g/mol. The van der Waals surface area contributed by atoms with Crippen LogP contribution in [0, 0.1) is 12.7 Å². The number of hydrogen-bond donors (Lipinski definition) is 2. The van der Waals surface area contributed by atoms with E-state index in [9.17, 15) is 22.4 Å². The van der Waals surface area contributed by atoms with Gasteiger partial charge in [-0.1, -0.05) is 11.6 Å². The molecule has 0 saturated carbocycles. The number of rotatable bonds is 4. The van der Waals surface area contributed by atoms with E-state index in [0.717, 1.165) is 16.9 Å². The van der Waals surface area contributed by atoms with Crippen LogP contribution in [0.15, 0.2) is 36.8 Å². The lowest BCUT2D eigenvalue weighted by atomic mass is 10.2. The number of nitrogens with two attached hydrogens (primary N) is 1. The van der Waals surface area contributed by atoms with Crippen LogP contribution >= 0.6 is 11.6 Å². The monoisotopic (exact) mass is 481 g/mol. The molecule has 15 heteroatoms. The van der Waals surface area contributed by atoms with Gasteiger partial charge >= 0.3 is 6.18 Å². The number of nitrogen functional groups attached to an aromatic ring is 1. The fraction of sp³-hybridized carbons (Fsp3) is 0.111. The van der Waals surface area contributed by atoms with Gasteiger partial charge in [0.1, 0.15) is 0 Å². The Bertz CT molecular complexity index is 1350. The molecular formula is C18H12ClF4N9O. The summed E-state index contributed by atoms with van der Waals surface area (Å²) >= 11 is 6.18. The Hall–Kier alpha value is -4.07. The highest BCUT2D eigenvalue weighted by molar-refractivity contribution is 6.32. The number of aryl methyl sites for hydroxylation is 1. The maximum Gasteiger partial charge on any atom is 0.434 e. The second-order valence-corrected chi connectivity index (χ2v) is 6.96. The zero-order valence-electron chi connectivity index (χ0n) is 16.5. The predicted octanol–water partition coefficient (Wildman–Crippen LogP) is 3.20. The molecule has 0 radical (unpaired) electrons. The molecule has 4 rings (SSSR count). The molecule has 0 fully saturated rings. The second-order valence-electron chi connectivity index (χ2n) is 6.55. The predicted molar refractivity (Wildman–Crippen MR) is 108 cm³/mol. The van der Waals surface area contributed by atoms with Crippen LogP contribution in [0.5, 0.6) is 0 Å². The summed E-state index contributed by atoms with van der Waals surface area (Å²) in [6.45, 7) is 1.51. The minimum atomic E-state index is -5.01. The third-order valence-corrected chi connectivity index (χ3v) is 4.64. The van der Waals surface area contributed by atoms with Crippen LogP contribution < -0.4 is 11.1 Å². The van der Waals surface area contributed by atoms with E-state index >= 15 is 0 Å². The van der Waals surface area contributed by atoms with Crippen LogP contribution in [-0.2, 0) is 6.18 Å². The van der Waals surface area contributed by atoms with Crippen molar-refractivity contribution in [1.82, 2.24) is 34.7 Å². The number of carbonyl (C=O) groups is 1. The van der Waals surface area contributed by atoms with Gasteiger partial charge in [0.2, 0.25) is 0 Å². The van der Waals surface area contributed by atoms with Crippen molar-refractivity contribution in [3.05, 3.63) is 64.6 Å². The van der Waals surface area contributed by atoms with Gasteiger partial charge in [-0.2, -0.15) is 28.5 Å². The van der Waals surface area contributed by atoms with E-state index in [4.69, 9.17) is 17.3 Å². The first-order valence-corrected chi connectivity index (χ1v) is 9.37. The first-order chi connectivity index (χ1) is 15.6. The van der Waals surface area contributed by atoms with Gasteiger partial charge in [0.05, 0.1) is 40.6 Å². The number of aromatic nitrogens is 7. The van der Waals surface area contributed by atoms with E-state index in [-0.39, 0.29) is 22.2 Å². The molecule has 0 aliphatic rings. The van der Waals surface area contributed by atoms with Crippen LogP contribution in [0.25, 0.3) is 11.6 Å². The Morgan fingerprint density at radius 1 is 1.15 bits per heavy atom. The average Bonchev–Trinajstić information content (AvgIpc) is 3.42. The molecule has 0 aliphatic carbocycles. The first kappa shape index (κ1) is 22.1. The molecule has 3 N–H and O–H groups in total. The van der Waals surface area contributed by atoms with Crippen LogP contribution in [-0.4, -0.2) is 40.6 Å². The summed E-state index contributed by atoms with van der Waals surface area (Å²) in [7, 11) is 0. The molecule has 0 atom stereocenters. The minimum Gasteiger partial charge on any atom is -0.381 e. The van der Waals surface area contributed by atoms with Crippen LogP contribution in [0.3, 0.4) is 0 Å². The Morgan fingerprint density at radius 3 is 2.48 bits per heavy atom. The fourth-order valence-corrected chi connectivity index (χ4v) is 3.10. The molecule has 10 nitrogen and oxygen atoms in total. The summed E-state index contributed by atoms with van der Waals surface area (Å²) in [6.07, 6.45) is -1.48. The Kier molecular flexibility index (Phi) is 5.45. The van der Waals surface area contributed by atoms with E-state index in [1.807, 2.05) is 0 Å². The SMILES string of the molecule is Cc1nc(-n2nccn2)c(Cl)cc1NC(=O)c1cnn(-c2ccc(F)c(N)n2)c1C(F)(F)F. The smallest absolute Gasteiger partial charge is 0.381 e. The highest BCUT2D eigenvalue weighted by Gasteiger charge is 2.41. The summed E-state index contributed by atoms with van der Waals surface area (Å²) in [6, 6.07) is 3.10. The van der Waals surface area contributed by atoms with Gasteiger partial charge in [-0.15, -0.1) is 4.80 Å². The number of halogens is 5. The second kappa shape index (κ2) is 8.12. The number of nitrogens with zero attached hydrogens (tertiary/aromatic N) is 7. The maximum absolute atomic E-state index is 13.8. The first-order valence-electron chi connectivity index (χ1n) is 8.99. The van der Waals surface area contributed by atoms with Gasteiger partial charge < -0.3 is 11.1 Å². The lowest BCUT2D eigenvalue weighted by Crippen LogP contribution is -2.21.